The van der Waals surface area contributed by atoms with Crippen molar-refractivity contribution in [3.63, 3.8) is 0 Å². The van der Waals surface area contributed by atoms with E-state index in [0.717, 1.165) is 0 Å². The maximum Gasteiger partial charge on any atom is 0.336 e. The molecule has 0 aliphatic carbocycles. The van der Waals surface area contributed by atoms with E-state index < -0.39 is 5.63 Å². The van der Waals surface area contributed by atoms with E-state index in [1.165, 1.54) is 12.3 Å². The third-order valence-electron chi connectivity index (χ3n) is 2.45. The summed E-state index contributed by atoms with van der Waals surface area (Å²) < 4.78 is 10.3. The molecule has 0 fully saturated rings. The summed E-state index contributed by atoms with van der Waals surface area (Å²) in [7, 11) is 0. The molecule has 0 N–H and O–H groups in total. The molecule has 6 heteroatoms. The predicted molar refractivity (Wildman–Crippen MR) is 61.1 cm³/mol. The molecule has 1 aromatic carbocycles. The summed E-state index contributed by atoms with van der Waals surface area (Å²) in [5, 5.41) is 4.84. The monoisotopic (exact) mass is 227 g/mol. The fourth-order valence-electron chi connectivity index (χ4n) is 1.77. The summed E-state index contributed by atoms with van der Waals surface area (Å²) in [6.07, 6.45) is 1.45. The molecule has 0 saturated heterocycles. The van der Waals surface area contributed by atoms with Crippen molar-refractivity contribution < 1.29 is 8.83 Å². The average Bonchev–Trinajstić information content (AvgIpc) is 2.80. The van der Waals surface area contributed by atoms with Crippen LogP contribution in [0.4, 0.5) is 5.69 Å². The number of azide groups is 1. The summed E-state index contributed by atoms with van der Waals surface area (Å²) >= 11 is 0. The first-order valence-corrected chi connectivity index (χ1v) is 4.79. The Kier molecular flexibility index (Phi) is 1.90. The third-order valence-corrected chi connectivity index (χ3v) is 2.45. The van der Waals surface area contributed by atoms with Gasteiger partial charge in [-0.1, -0.05) is 5.11 Å². The Balaban J connectivity index is 2.59. The van der Waals surface area contributed by atoms with Gasteiger partial charge in [0.2, 0.25) is 0 Å². The van der Waals surface area contributed by atoms with Gasteiger partial charge >= 0.3 is 5.63 Å². The predicted octanol–water partition coefficient (Wildman–Crippen LogP) is 3.48. The molecule has 0 radical (unpaired) electrons. The molecule has 3 aromatic rings. The molecule has 0 bridgehead atoms. The highest BCUT2D eigenvalue weighted by Crippen LogP contribution is 2.33. The standard InChI is InChI=1S/C11H5N3O3/c12-14-13-8-5-6-1-2-9(15)17-10(6)7-3-4-16-11(7)8/h1-5H. The second-order valence-electron chi connectivity index (χ2n) is 3.42. The van der Waals surface area contributed by atoms with E-state index in [1.807, 2.05) is 0 Å². The van der Waals surface area contributed by atoms with Crippen molar-refractivity contribution in [3.05, 3.63) is 51.4 Å². The van der Waals surface area contributed by atoms with Gasteiger partial charge in [0.05, 0.1) is 17.3 Å². The van der Waals surface area contributed by atoms with Crippen molar-refractivity contribution in [2.24, 2.45) is 5.11 Å². The average molecular weight is 227 g/mol. The van der Waals surface area contributed by atoms with Gasteiger partial charge in [-0.05, 0) is 23.7 Å². The molecule has 82 valence electrons. The molecule has 0 spiro atoms. The number of fused-ring (bicyclic) bond motifs is 3. The van der Waals surface area contributed by atoms with Crippen molar-refractivity contribution in [1.29, 1.82) is 0 Å². The van der Waals surface area contributed by atoms with E-state index >= 15 is 0 Å². The lowest BCUT2D eigenvalue weighted by Gasteiger charge is -1.99. The summed E-state index contributed by atoms with van der Waals surface area (Å²) in [5.41, 5.74) is 9.25. The van der Waals surface area contributed by atoms with Crippen LogP contribution >= 0.6 is 0 Å². The highest BCUT2D eigenvalue weighted by Gasteiger charge is 2.10. The Labute approximate surface area is 93.7 Å². The number of hydrogen-bond acceptors (Lipinski definition) is 4. The zero-order chi connectivity index (χ0) is 11.8. The minimum absolute atomic E-state index is 0.369. The molecule has 0 saturated carbocycles. The van der Waals surface area contributed by atoms with E-state index in [9.17, 15) is 4.79 Å². The van der Waals surface area contributed by atoms with E-state index in [4.69, 9.17) is 14.4 Å². The van der Waals surface area contributed by atoms with E-state index in [-0.39, 0.29) is 0 Å². The maximum atomic E-state index is 11.2. The molecule has 0 aliphatic rings. The molecular formula is C11H5N3O3. The van der Waals surface area contributed by atoms with Gasteiger partial charge in [-0.25, -0.2) is 4.79 Å². The van der Waals surface area contributed by atoms with Crippen LogP contribution in [0.3, 0.4) is 0 Å². The molecule has 0 aliphatic heterocycles. The van der Waals surface area contributed by atoms with Crippen LogP contribution in [0.25, 0.3) is 32.4 Å². The Morgan fingerprint density at radius 1 is 1.24 bits per heavy atom. The summed E-state index contributed by atoms with van der Waals surface area (Å²) in [4.78, 5) is 13.9. The lowest BCUT2D eigenvalue weighted by atomic mass is 10.1. The smallest absolute Gasteiger partial charge is 0.336 e. The lowest BCUT2D eigenvalue weighted by molar-refractivity contribution is 0.563. The van der Waals surface area contributed by atoms with Gasteiger partial charge in [0.1, 0.15) is 11.2 Å². The van der Waals surface area contributed by atoms with Gasteiger partial charge in [0, 0.05) is 16.4 Å². The first kappa shape index (κ1) is 9.50. The largest absolute Gasteiger partial charge is 0.464 e. The van der Waals surface area contributed by atoms with Gasteiger partial charge in [0.25, 0.3) is 0 Å². The van der Waals surface area contributed by atoms with Crippen molar-refractivity contribution >= 4 is 27.6 Å². The molecule has 2 aromatic heterocycles. The quantitative estimate of drug-likeness (QED) is 0.275. The molecule has 6 nitrogen and oxygen atoms in total. The Morgan fingerprint density at radius 3 is 2.94 bits per heavy atom. The number of benzene rings is 1. The SMILES string of the molecule is [N-]=[N+]=Nc1cc2ccc(=O)oc2c2ccoc12. The first-order valence-electron chi connectivity index (χ1n) is 4.79. The first-order chi connectivity index (χ1) is 8.29. The highest BCUT2D eigenvalue weighted by molar-refractivity contribution is 6.07. The molecule has 17 heavy (non-hydrogen) atoms. The molecule has 3 rings (SSSR count). The molecule has 0 unspecified atom stereocenters. The second kappa shape index (κ2) is 3.40. The number of nitrogens with zero attached hydrogens (tertiary/aromatic N) is 3. The summed E-state index contributed by atoms with van der Waals surface area (Å²) in [6.45, 7) is 0. The number of furan rings is 1. The van der Waals surface area contributed by atoms with Gasteiger partial charge < -0.3 is 8.83 Å². The Hall–Kier alpha value is -2.72. The highest BCUT2D eigenvalue weighted by atomic mass is 16.4. The van der Waals surface area contributed by atoms with Gasteiger partial charge in [0.15, 0.2) is 0 Å². The minimum Gasteiger partial charge on any atom is -0.464 e. The number of rotatable bonds is 1. The van der Waals surface area contributed by atoms with Crippen LogP contribution in [0.2, 0.25) is 0 Å². The van der Waals surface area contributed by atoms with Gasteiger partial charge in [-0.2, -0.15) is 0 Å². The second-order valence-corrected chi connectivity index (χ2v) is 3.42. The van der Waals surface area contributed by atoms with Crippen molar-refractivity contribution in [2.45, 2.75) is 0 Å². The zero-order valence-corrected chi connectivity index (χ0v) is 8.45. The number of hydrogen-bond donors (Lipinski definition) is 0. The van der Waals surface area contributed by atoms with E-state index in [2.05, 4.69) is 10.0 Å². The van der Waals surface area contributed by atoms with Crippen LogP contribution in [0.5, 0.6) is 0 Å². The van der Waals surface area contributed by atoms with Crippen LogP contribution in [0.1, 0.15) is 0 Å². The molecular weight excluding hydrogens is 222 g/mol. The fraction of sp³-hybridized carbons (Fsp3) is 0. The molecule has 0 atom stereocenters. The Morgan fingerprint density at radius 2 is 2.12 bits per heavy atom. The van der Waals surface area contributed by atoms with Gasteiger partial charge in [-0.15, -0.1) is 0 Å². The normalized spacial score (nSPS) is 10.6. The molecule has 2 heterocycles. The fourth-order valence-corrected chi connectivity index (χ4v) is 1.77. The van der Waals surface area contributed by atoms with Crippen molar-refractivity contribution in [2.75, 3.05) is 0 Å². The van der Waals surface area contributed by atoms with Crippen LogP contribution in [0, 0.1) is 0 Å². The Bertz CT molecular complexity index is 825. The van der Waals surface area contributed by atoms with Crippen LogP contribution in [0.15, 0.2) is 49.3 Å². The van der Waals surface area contributed by atoms with Crippen molar-refractivity contribution in [3.8, 4) is 0 Å². The van der Waals surface area contributed by atoms with E-state index in [0.29, 0.717) is 27.6 Å². The lowest BCUT2D eigenvalue weighted by Crippen LogP contribution is -1.94. The van der Waals surface area contributed by atoms with Crippen molar-refractivity contribution in [1.82, 2.24) is 0 Å². The zero-order valence-electron chi connectivity index (χ0n) is 8.45. The summed E-state index contributed by atoms with van der Waals surface area (Å²) in [6, 6.07) is 6.21. The maximum absolute atomic E-state index is 11.2. The molecule has 0 amide bonds. The third kappa shape index (κ3) is 1.36. The van der Waals surface area contributed by atoms with Gasteiger partial charge in [-0.3, -0.25) is 0 Å². The van der Waals surface area contributed by atoms with Crippen LogP contribution in [-0.4, -0.2) is 0 Å². The topological polar surface area (TPSA) is 92.1 Å². The minimum atomic E-state index is -0.434. The van der Waals surface area contributed by atoms with E-state index in [1.54, 1.807) is 18.2 Å². The van der Waals surface area contributed by atoms with Crippen LogP contribution < -0.4 is 5.63 Å². The van der Waals surface area contributed by atoms with Crippen LogP contribution in [-0.2, 0) is 0 Å². The summed E-state index contributed by atoms with van der Waals surface area (Å²) in [5.74, 6) is 0.